The summed E-state index contributed by atoms with van der Waals surface area (Å²) in [4.78, 5) is 25.5. The van der Waals surface area contributed by atoms with Gasteiger partial charge < -0.3 is 10.6 Å². The third kappa shape index (κ3) is 5.91. The molecule has 13 heteroatoms. The Hall–Kier alpha value is -2.66. The molecule has 1 aromatic heterocycles. The monoisotopic (exact) mass is 454 g/mol. The number of halogens is 6. The van der Waals surface area contributed by atoms with Crippen LogP contribution < -0.4 is 10.6 Å². The lowest BCUT2D eigenvalue weighted by Crippen LogP contribution is -2.26. The number of carbonyl (C=O) groups is 1. The molecule has 2 aromatic rings. The molecule has 7 nitrogen and oxygen atoms in total. The topological polar surface area (TPSA) is 97.2 Å². The molecule has 156 valence electrons. The summed E-state index contributed by atoms with van der Waals surface area (Å²) in [6.07, 6.45) is -4.43. The van der Waals surface area contributed by atoms with Crippen molar-refractivity contribution >= 4 is 40.6 Å². The molecule has 0 fully saturated rings. The molecular weight excluding hydrogens is 443 g/mol. The lowest BCUT2D eigenvalue weighted by molar-refractivity contribution is -0.384. The van der Waals surface area contributed by atoms with Crippen LogP contribution >= 0.6 is 23.2 Å². The van der Waals surface area contributed by atoms with Gasteiger partial charge in [0.05, 0.1) is 21.1 Å². The molecule has 0 saturated heterocycles. The molecule has 0 aliphatic rings. The van der Waals surface area contributed by atoms with Crippen molar-refractivity contribution in [2.45, 2.75) is 12.6 Å². The fraction of sp³-hybridized carbons (Fsp3) is 0.250. The molecular formula is C16H12Cl2F4N4O3. The highest BCUT2D eigenvalue weighted by Gasteiger charge is 2.34. The molecule has 1 amide bonds. The summed E-state index contributed by atoms with van der Waals surface area (Å²) >= 11 is 11.3. The van der Waals surface area contributed by atoms with E-state index in [1.807, 2.05) is 0 Å². The van der Waals surface area contributed by atoms with E-state index >= 15 is 0 Å². The van der Waals surface area contributed by atoms with E-state index in [0.717, 1.165) is 18.2 Å². The molecule has 0 radical (unpaired) electrons. The van der Waals surface area contributed by atoms with Crippen molar-refractivity contribution in [1.82, 2.24) is 10.3 Å². The molecule has 0 saturated carbocycles. The van der Waals surface area contributed by atoms with Gasteiger partial charge in [-0.15, -0.1) is 0 Å². The molecule has 0 aliphatic carbocycles. The number of aromatic nitrogens is 1. The van der Waals surface area contributed by atoms with Gasteiger partial charge in [-0.2, -0.15) is 13.2 Å². The average Bonchev–Trinajstić information content (AvgIpc) is 2.62. The fourth-order valence-electron chi connectivity index (χ4n) is 2.18. The van der Waals surface area contributed by atoms with Crippen molar-refractivity contribution in [2.75, 3.05) is 18.4 Å². The molecule has 1 heterocycles. The van der Waals surface area contributed by atoms with Crippen molar-refractivity contribution < 1.29 is 27.3 Å². The van der Waals surface area contributed by atoms with Gasteiger partial charge in [-0.25, -0.2) is 9.37 Å². The summed E-state index contributed by atoms with van der Waals surface area (Å²) in [6, 6.07) is 3.21. The lowest BCUT2D eigenvalue weighted by Gasteiger charge is -2.13. The Bertz CT molecular complexity index is 941. The largest absolute Gasteiger partial charge is 0.419 e. The number of hydrogen-bond donors (Lipinski definition) is 2. The van der Waals surface area contributed by atoms with Crippen molar-refractivity contribution in [3.05, 3.63) is 61.5 Å². The van der Waals surface area contributed by atoms with Crippen LogP contribution in [-0.4, -0.2) is 28.9 Å². The number of benzene rings is 1. The zero-order valence-corrected chi connectivity index (χ0v) is 15.8. The van der Waals surface area contributed by atoms with Gasteiger partial charge in [0.1, 0.15) is 16.8 Å². The van der Waals surface area contributed by atoms with E-state index in [0.29, 0.717) is 6.07 Å². The summed E-state index contributed by atoms with van der Waals surface area (Å²) in [5, 5.41) is 14.7. The maximum Gasteiger partial charge on any atom is 0.419 e. The molecule has 0 spiro atoms. The van der Waals surface area contributed by atoms with Crippen molar-refractivity contribution in [3.63, 3.8) is 0 Å². The van der Waals surface area contributed by atoms with Crippen LogP contribution in [0.25, 0.3) is 0 Å². The Balaban J connectivity index is 1.89. The molecule has 29 heavy (non-hydrogen) atoms. The van der Waals surface area contributed by atoms with Crippen LogP contribution in [-0.2, 0) is 6.18 Å². The second-order valence-electron chi connectivity index (χ2n) is 5.61. The first-order chi connectivity index (χ1) is 13.5. The Labute approximate surface area is 171 Å². The number of anilines is 1. The molecule has 2 N–H and O–H groups in total. The Morgan fingerprint density at radius 1 is 1.21 bits per heavy atom. The Kier molecular flexibility index (Phi) is 7.20. The van der Waals surface area contributed by atoms with Crippen LogP contribution in [0.15, 0.2) is 24.3 Å². The number of nitro groups is 1. The van der Waals surface area contributed by atoms with Gasteiger partial charge in [0.25, 0.3) is 11.6 Å². The van der Waals surface area contributed by atoms with Crippen molar-refractivity contribution in [2.24, 2.45) is 0 Å². The second kappa shape index (κ2) is 9.23. The molecule has 0 unspecified atom stereocenters. The van der Waals surface area contributed by atoms with E-state index in [-0.39, 0.29) is 30.4 Å². The normalized spacial score (nSPS) is 11.2. The van der Waals surface area contributed by atoms with Crippen LogP contribution in [0.2, 0.25) is 10.2 Å². The molecule has 1 aromatic carbocycles. The van der Waals surface area contributed by atoms with Gasteiger partial charge >= 0.3 is 6.18 Å². The van der Waals surface area contributed by atoms with E-state index in [1.165, 1.54) is 0 Å². The van der Waals surface area contributed by atoms with Crippen molar-refractivity contribution in [1.29, 1.82) is 0 Å². The molecule has 2 rings (SSSR count). The molecule has 0 aliphatic heterocycles. The minimum absolute atomic E-state index is 0.0416. The predicted octanol–water partition coefficient (Wildman–Crippen LogP) is 4.69. The van der Waals surface area contributed by atoms with Gasteiger partial charge in [0.15, 0.2) is 0 Å². The zero-order chi connectivity index (χ0) is 21.8. The summed E-state index contributed by atoms with van der Waals surface area (Å²) in [5.74, 6) is -1.83. The zero-order valence-electron chi connectivity index (χ0n) is 14.3. The second-order valence-corrected chi connectivity index (χ2v) is 6.38. The van der Waals surface area contributed by atoms with E-state index in [4.69, 9.17) is 23.2 Å². The van der Waals surface area contributed by atoms with E-state index in [2.05, 4.69) is 15.6 Å². The maximum absolute atomic E-state index is 13.7. The first-order valence-corrected chi connectivity index (χ1v) is 8.65. The third-order valence-electron chi connectivity index (χ3n) is 3.57. The Morgan fingerprint density at radius 2 is 1.90 bits per heavy atom. The van der Waals surface area contributed by atoms with Crippen molar-refractivity contribution in [3.8, 4) is 0 Å². The van der Waals surface area contributed by atoms with Gasteiger partial charge in [-0.3, -0.25) is 14.9 Å². The van der Waals surface area contributed by atoms with Gasteiger partial charge in [-0.05, 0) is 18.6 Å². The standard InChI is InChI=1S/C16H12Cl2F4N4O3/c17-11-7-10(16(20,21)22)13(18)25-14(11)23-4-1-5-24-15(27)9-6-8(26(28)29)2-3-12(9)19/h2-3,6-7H,1,4-5H2,(H,23,25)(H,24,27). The third-order valence-corrected chi connectivity index (χ3v) is 4.15. The first kappa shape index (κ1) is 22.6. The minimum atomic E-state index is -4.70. The number of pyridine rings is 1. The maximum atomic E-state index is 13.7. The number of nitrogens with zero attached hydrogens (tertiary/aromatic N) is 2. The molecule has 0 bridgehead atoms. The molecule has 0 atom stereocenters. The van der Waals surface area contributed by atoms with Gasteiger partial charge in [0.2, 0.25) is 0 Å². The van der Waals surface area contributed by atoms with Gasteiger partial charge in [-0.1, -0.05) is 23.2 Å². The number of nitro benzene ring substituents is 1. The fourth-order valence-corrected chi connectivity index (χ4v) is 2.65. The van der Waals surface area contributed by atoms with Crippen LogP contribution in [0.1, 0.15) is 22.3 Å². The minimum Gasteiger partial charge on any atom is -0.369 e. The predicted molar refractivity (Wildman–Crippen MR) is 97.8 cm³/mol. The number of amides is 1. The smallest absolute Gasteiger partial charge is 0.369 e. The van der Waals surface area contributed by atoms with E-state index in [9.17, 15) is 32.5 Å². The number of hydrogen-bond acceptors (Lipinski definition) is 5. The van der Waals surface area contributed by atoms with Gasteiger partial charge in [0, 0.05) is 25.2 Å². The summed E-state index contributed by atoms with van der Waals surface area (Å²) in [7, 11) is 0. The number of non-ortho nitro benzene ring substituents is 1. The van der Waals surface area contributed by atoms with E-state index < -0.39 is 44.8 Å². The SMILES string of the molecule is O=C(NCCCNc1nc(Cl)c(C(F)(F)F)cc1Cl)c1cc([N+](=O)[O-])ccc1F. The summed E-state index contributed by atoms with van der Waals surface area (Å²) in [6.45, 7) is 0.187. The van der Waals surface area contributed by atoms with Crippen LogP contribution in [0.3, 0.4) is 0 Å². The Morgan fingerprint density at radius 3 is 2.52 bits per heavy atom. The highest BCUT2D eigenvalue weighted by molar-refractivity contribution is 6.34. The quantitative estimate of drug-likeness (QED) is 0.208. The number of rotatable bonds is 7. The van der Waals surface area contributed by atoms with Crippen LogP contribution in [0.5, 0.6) is 0 Å². The highest BCUT2D eigenvalue weighted by atomic mass is 35.5. The highest BCUT2D eigenvalue weighted by Crippen LogP contribution is 2.37. The first-order valence-electron chi connectivity index (χ1n) is 7.90. The van der Waals surface area contributed by atoms with E-state index in [1.54, 1.807) is 0 Å². The van der Waals surface area contributed by atoms with Crippen LogP contribution in [0, 0.1) is 15.9 Å². The number of carbonyl (C=O) groups excluding carboxylic acids is 1. The lowest BCUT2D eigenvalue weighted by atomic mass is 10.1. The number of alkyl halides is 3. The summed E-state index contributed by atoms with van der Waals surface area (Å²) in [5.41, 5.74) is -2.08. The number of nitrogens with one attached hydrogen (secondary N) is 2. The average molecular weight is 455 g/mol. The summed E-state index contributed by atoms with van der Waals surface area (Å²) < 4.78 is 51.8. The van der Waals surface area contributed by atoms with Crippen LogP contribution in [0.4, 0.5) is 29.1 Å².